The Morgan fingerprint density at radius 1 is 1.50 bits per heavy atom. The minimum absolute atomic E-state index is 0.245. The van der Waals surface area contributed by atoms with Crippen molar-refractivity contribution >= 4 is 5.91 Å². The van der Waals surface area contributed by atoms with Gasteiger partial charge in [-0.15, -0.1) is 0 Å². The lowest BCUT2D eigenvalue weighted by Crippen LogP contribution is -2.31. The molecule has 0 bridgehead atoms. The molecule has 2 unspecified atom stereocenters. The molecule has 3 nitrogen and oxygen atoms in total. The Morgan fingerprint density at radius 2 is 2.25 bits per heavy atom. The second-order valence-electron chi connectivity index (χ2n) is 4.97. The number of rotatable bonds is 5. The predicted octanol–water partition coefficient (Wildman–Crippen LogP) is 2.19. The van der Waals surface area contributed by atoms with Crippen LogP contribution < -0.4 is 0 Å². The minimum Gasteiger partial charge on any atom is -0.393 e. The molecule has 16 heavy (non-hydrogen) atoms. The third kappa shape index (κ3) is 4.52. The van der Waals surface area contributed by atoms with E-state index in [9.17, 15) is 9.90 Å². The van der Waals surface area contributed by atoms with Crippen molar-refractivity contribution in [2.75, 3.05) is 13.1 Å². The van der Waals surface area contributed by atoms with Crippen LogP contribution in [0, 0.1) is 5.92 Å². The van der Waals surface area contributed by atoms with Crippen molar-refractivity contribution in [1.29, 1.82) is 0 Å². The van der Waals surface area contributed by atoms with Gasteiger partial charge in [-0.3, -0.25) is 4.79 Å². The number of carbonyl (C=O) groups excluding carboxylic acids is 1. The van der Waals surface area contributed by atoms with Gasteiger partial charge in [-0.25, -0.2) is 0 Å². The van der Waals surface area contributed by atoms with Crippen molar-refractivity contribution in [3.05, 3.63) is 0 Å². The Kier molecular flexibility index (Phi) is 5.81. The topological polar surface area (TPSA) is 40.5 Å². The summed E-state index contributed by atoms with van der Waals surface area (Å²) in [6.07, 6.45) is 5.58. The van der Waals surface area contributed by atoms with E-state index >= 15 is 0 Å². The number of amides is 1. The first-order chi connectivity index (χ1) is 7.63. The summed E-state index contributed by atoms with van der Waals surface area (Å²) in [7, 11) is 0. The Labute approximate surface area is 98.8 Å². The third-order valence-electron chi connectivity index (χ3n) is 3.55. The molecule has 1 fully saturated rings. The highest BCUT2D eigenvalue weighted by molar-refractivity contribution is 5.76. The fraction of sp³-hybridized carbons (Fsp3) is 0.923. The molecule has 94 valence electrons. The highest BCUT2D eigenvalue weighted by Gasteiger charge is 2.20. The number of hydrogen-bond donors (Lipinski definition) is 1. The fourth-order valence-corrected chi connectivity index (χ4v) is 2.32. The number of hydrogen-bond acceptors (Lipinski definition) is 2. The summed E-state index contributed by atoms with van der Waals surface area (Å²) in [4.78, 5) is 13.8. The molecule has 3 heteroatoms. The zero-order valence-electron chi connectivity index (χ0n) is 10.6. The van der Waals surface area contributed by atoms with Crippen LogP contribution in [0.2, 0.25) is 0 Å². The molecule has 1 aliphatic heterocycles. The lowest BCUT2D eigenvalue weighted by atomic mass is 9.98. The minimum atomic E-state index is -0.245. The van der Waals surface area contributed by atoms with Gasteiger partial charge < -0.3 is 10.0 Å². The van der Waals surface area contributed by atoms with Crippen LogP contribution in [0.5, 0.6) is 0 Å². The monoisotopic (exact) mass is 227 g/mol. The van der Waals surface area contributed by atoms with Gasteiger partial charge in [-0.1, -0.05) is 13.3 Å². The van der Waals surface area contributed by atoms with Crippen LogP contribution in [0.25, 0.3) is 0 Å². The first kappa shape index (κ1) is 13.5. The maximum atomic E-state index is 11.8. The zero-order valence-corrected chi connectivity index (χ0v) is 10.6. The van der Waals surface area contributed by atoms with Gasteiger partial charge in [0.15, 0.2) is 0 Å². The van der Waals surface area contributed by atoms with E-state index in [1.54, 1.807) is 6.92 Å². The van der Waals surface area contributed by atoms with Crippen molar-refractivity contribution < 1.29 is 9.90 Å². The molecule has 0 aromatic carbocycles. The molecule has 1 saturated heterocycles. The summed E-state index contributed by atoms with van der Waals surface area (Å²) in [5.41, 5.74) is 0. The van der Waals surface area contributed by atoms with Crippen LogP contribution in [-0.4, -0.2) is 35.1 Å². The first-order valence-corrected chi connectivity index (χ1v) is 6.59. The van der Waals surface area contributed by atoms with E-state index < -0.39 is 0 Å². The van der Waals surface area contributed by atoms with E-state index in [1.165, 1.54) is 6.42 Å². The van der Waals surface area contributed by atoms with E-state index in [0.717, 1.165) is 44.7 Å². The van der Waals surface area contributed by atoms with Gasteiger partial charge in [0.25, 0.3) is 0 Å². The van der Waals surface area contributed by atoms with Crippen LogP contribution in [0.4, 0.5) is 0 Å². The van der Waals surface area contributed by atoms with Crippen LogP contribution in [0.3, 0.4) is 0 Å². The second-order valence-corrected chi connectivity index (χ2v) is 4.97. The van der Waals surface area contributed by atoms with Crippen LogP contribution in [-0.2, 0) is 4.79 Å². The molecule has 0 aromatic heterocycles. The van der Waals surface area contributed by atoms with Gasteiger partial charge in [-0.05, 0) is 38.5 Å². The average molecular weight is 227 g/mol. The SMILES string of the molecule is CCC1CCC(=O)N(CCCC(C)O)CC1. The van der Waals surface area contributed by atoms with Crippen LogP contribution in [0.1, 0.15) is 52.4 Å². The summed E-state index contributed by atoms with van der Waals surface area (Å²) in [5.74, 6) is 1.03. The van der Waals surface area contributed by atoms with Gasteiger partial charge in [0.2, 0.25) is 5.91 Å². The molecule has 0 aliphatic carbocycles. The molecule has 2 atom stereocenters. The standard InChI is InChI=1S/C13H25NO2/c1-3-12-6-7-13(16)14(10-8-12)9-4-5-11(2)15/h11-12,15H,3-10H2,1-2H3. The number of aliphatic hydroxyl groups is 1. The molecule has 0 spiro atoms. The molecule has 1 heterocycles. The van der Waals surface area contributed by atoms with E-state index in [-0.39, 0.29) is 6.10 Å². The zero-order chi connectivity index (χ0) is 12.0. The normalized spacial score (nSPS) is 24.3. The summed E-state index contributed by atoms with van der Waals surface area (Å²) >= 11 is 0. The lowest BCUT2D eigenvalue weighted by Gasteiger charge is -2.21. The largest absolute Gasteiger partial charge is 0.393 e. The van der Waals surface area contributed by atoms with Crippen LogP contribution >= 0.6 is 0 Å². The first-order valence-electron chi connectivity index (χ1n) is 6.59. The summed E-state index contributed by atoms with van der Waals surface area (Å²) in [6, 6.07) is 0. The molecule has 1 aliphatic rings. The Bertz CT molecular complexity index is 216. The highest BCUT2D eigenvalue weighted by Crippen LogP contribution is 2.21. The molecule has 0 aromatic rings. The van der Waals surface area contributed by atoms with E-state index in [2.05, 4.69) is 6.92 Å². The maximum Gasteiger partial charge on any atom is 0.222 e. The van der Waals surface area contributed by atoms with Gasteiger partial charge in [-0.2, -0.15) is 0 Å². The maximum absolute atomic E-state index is 11.8. The number of likely N-dealkylation sites (tertiary alicyclic amines) is 1. The van der Waals surface area contributed by atoms with E-state index in [4.69, 9.17) is 0 Å². The highest BCUT2D eigenvalue weighted by atomic mass is 16.3. The van der Waals surface area contributed by atoms with Crippen molar-refractivity contribution in [1.82, 2.24) is 4.90 Å². The van der Waals surface area contributed by atoms with Crippen molar-refractivity contribution in [3.8, 4) is 0 Å². The Balaban J connectivity index is 2.32. The molecular formula is C13H25NO2. The fourth-order valence-electron chi connectivity index (χ4n) is 2.32. The van der Waals surface area contributed by atoms with Gasteiger partial charge in [0, 0.05) is 19.5 Å². The molecule has 0 radical (unpaired) electrons. The number of carbonyl (C=O) groups is 1. The molecule has 1 amide bonds. The molecular weight excluding hydrogens is 202 g/mol. The quantitative estimate of drug-likeness (QED) is 0.782. The van der Waals surface area contributed by atoms with Gasteiger partial charge in [0.05, 0.1) is 6.10 Å². The Morgan fingerprint density at radius 3 is 2.88 bits per heavy atom. The van der Waals surface area contributed by atoms with Crippen molar-refractivity contribution in [2.24, 2.45) is 5.92 Å². The van der Waals surface area contributed by atoms with Gasteiger partial charge in [0.1, 0.15) is 0 Å². The second kappa shape index (κ2) is 6.89. The third-order valence-corrected chi connectivity index (χ3v) is 3.55. The number of aliphatic hydroxyl groups excluding tert-OH is 1. The molecule has 0 saturated carbocycles. The molecule has 1 N–H and O–H groups in total. The summed E-state index contributed by atoms with van der Waals surface area (Å²) in [5, 5.41) is 9.18. The Hall–Kier alpha value is -0.570. The van der Waals surface area contributed by atoms with E-state index in [0.29, 0.717) is 12.3 Å². The average Bonchev–Trinajstić information content (AvgIpc) is 2.41. The predicted molar refractivity (Wildman–Crippen MR) is 65.1 cm³/mol. The van der Waals surface area contributed by atoms with Gasteiger partial charge >= 0.3 is 0 Å². The lowest BCUT2D eigenvalue weighted by molar-refractivity contribution is -0.130. The summed E-state index contributed by atoms with van der Waals surface area (Å²) in [6.45, 7) is 5.74. The van der Waals surface area contributed by atoms with Crippen molar-refractivity contribution in [2.45, 2.75) is 58.5 Å². The summed E-state index contributed by atoms with van der Waals surface area (Å²) < 4.78 is 0. The van der Waals surface area contributed by atoms with Crippen molar-refractivity contribution in [3.63, 3.8) is 0 Å². The smallest absolute Gasteiger partial charge is 0.222 e. The van der Waals surface area contributed by atoms with Crippen LogP contribution in [0.15, 0.2) is 0 Å². The number of nitrogens with zero attached hydrogens (tertiary/aromatic N) is 1. The van der Waals surface area contributed by atoms with E-state index in [1.807, 2.05) is 4.90 Å². The molecule has 1 rings (SSSR count).